The molecule has 4 aromatic rings. The monoisotopic (exact) mass is 444 g/mol. The summed E-state index contributed by atoms with van der Waals surface area (Å²) in [6.07, 6.45) is 5.15. The number of halogens is 1. The number of nitro groups is 1. The van der Waals surface area contributed by atoms with E-state index in [1.165, 1.54) is 23.7 Å². The summed E-state index contributed by atoms with van der Waals surface area (Å²) < 4.78 is 3.32. The van der Waals surface area contributed by atoms with E-state index < -0.39 is 4.92 Å². The molecule has 1 atom stereocenters. The third kappa shape index (κ3) is 4.31. The number of nitrogens with zero attached hydrogens (tertiary/aromatic N) is 7. The van der Waals surface area contributed by atoms with Gasteiger partial charge in [0, 0.05) is 17.3 Å². The Hall–Kier alpha value is -3.31. The topological polar surface area (TPSA) is 117 Å². The fourth-order valence-electron chi connectivity index (χ4n) is 2.91. The van der Waals surface area contributed by atoms with Crippen LogP contribution in [-0.4, -0.2) is 34.7 Å². The highest BCUT2D eigenvalue weighted by Gasteiger charge is 2.21. The predicted octanol–water partition coefficient (Wildman–Crippen LogP) is 4.28. The zero-order valence-electron chi connectivity index (χ0n) is 15.8. The SMILES string of the molecule is CCC(c1nnc(Nc2ccn(Cc3ccccc3Cl)n2)s1)n1cc([N+](=O)[O-])cn1. The van der Waals surface area contributed by atoms with E-state index in [4.69, 9.17) is 11.6 Å². The molecule has 0 aliphatic carbocycles. The van der Waals surface area contributed by atoms with Gasteiger partial charge in [-0.1, -0.05) is 48.1 Å². The van der Waals surface area contributed by atoms with Crippen LogP contribution in [0.4, 0.5) is 16.6 Å². The van der Waals surface area contributed by atoms with Crippen molar-refractivity contribution in [2.75, 3.05) is 5.32 Å². The zero-order valence-corrected chi connectivity index (χ0v) is 17.4. The average Bonchev–Trinajstić information content (AvgIpc) is 3.47. The van der Waals surface area contributed by atoms with Gasteiger partial charge in [-0.2, -0.15) is 10.2 Å². The summed E-state index contributed by atoms with van der Waals surface area (Å²) in [6, 6.07) is 9.24. The highest BCUT2D eigenvalue weighted by molar-refractivity contribution is 7.15. The van der Waals surface area contributed by atoms with Crippen LogP contribution in [0.1, 0.15) is 30.0 Å². The molecule has 10 nitrogen and oxygen atoms in total. The van der Waals surface area contributed by atoms with E-state index in [1.807, 2.05) is 43.5 Å². The largest absolute Gasteiger partial charge is 0.313 e. The number of rotatable bonds is 8. The van der Waals surface area contributed by atoms with Crippen LogP contribution in [0.2, 0.25) is 5.02 Å². The molecular formula is C18H17ClN8O2S. The summed E-state index contributed by atoms with van der Waals surface area (Å²) in [6.45, 7) is 2.52. The lowest BCUT2D eigenvalue weighted by Gasteiger charge is -2.10. The maximum Gasteiger partial charge on any atom is 0.307 e. The zero-order chi connectivity index (χ0) is 21.1. The highest BCUT2D eigenvalue weighted by Crippen LogP contribution is 2.29. The Bertz CT molecular complexity index is 1170. The van der Waals surface area contributed by atoms with E-state index in [-0.39, 0.29) is 11.7 Å². The third-order valence-corrected chi connectivity index (χ3v) is 5.70. The molecule has 0 bridgehead atoms. The van der Waals surface area contributed by atoms with Crippen LogP contribution in [0.5, 0.6) is 0 Å². The minimum Gasteiger partial charge on any atom is -0.313 e. The molecule has 154 valence electrons. The van der Waals surface area contributed by atoms with Gasteiger partial charge in [0.15, 0.2) is 5.82 Å². The van der Waals surface area contributed by atoms with E-state index >= 15 is 0 Å². The molecule has 0 spiro atoms. The number of benzene rings is 1. The van der Waals surface area contributed by atoms with Gasteiger partial charge >= 0.3 is 5.69 Å². The quantitative estimate of drug-likeness (QED) is 0.318. The smallest absolute Gasteiger partial charge is 0.307 e. The van der Waals surface area contributed by atoms with Crippen molar-refractivity contribution in [1.29, 1.82) is 0 Å². The molecule has 4 rings (SSSR count). The van der Waals surface area contributed by atoms with Gasteiger partial charge in [-0.15, -0.1) is 10.2 Å². The Morgan fingerprint density at radius 1 is 1.30 bits per heavy atom. The van der Waals surface area contributed by atoms with E-state index in [0.717, 1.165) is 5.56 Å². The number of hydrogen-bond acceptors (Lipinski definition) is 8. The fourth-order valence-corrected chi connectivity index (χ4v) is 4.04. The summed E-state index contributed by atoms with van der Waals surface area (Å²) in [5.74, 6) is 0.632. The Morgan fingerprint density at radius 3 is 2.87 bits per heavy atom. The molecule has 0 aliphatic rings. The lowest BCUT2D eigenvalue weighted by atomic mass is 10.2. The normalized spacial score (nSPS) is 12.1. The summed E-state index contributed by atoms with van der Waals surface area (Å²) in [5, 5.41) is 33.0. The second-order valence-corrected chi connectivity index (χ2v) is 7.84. The average molecular weight is 445 g/mol. The van der Waals surface area contributed by atoms with Crippen LogP contribution >= 0.6 is 22.9 Å². The first-order valence-corrected chi connectivity index (χ1v) is 10.3. The Morgan fingerprint density at radius 2 is 2.13 bits per heavy atom. The van der Waals surface area contributed by atoms with Crippen LogP contribution in [0.25, 0.3) is 0 Å². The lowest BCUT2D eigenvalue weighted by molar-refractivity contribution is -0.385. The van der Waals surface area contributed by atoms with Crippen LogP contribution in [-0.2, 0) is 6.54 Å². The molecular weight excluding hydrogens is 428 g/mol. The van der Waals surface area contributed by atoms with Gasteiger partial charge in [0.05, 0.1) is 11.5 Å². The molecule has 3 heterocycles. The van der Waals surface area contributed by atoms with Crippen molar-refractivity contribution in [3.63, 3.8) is 0 Å². The van der Waals surface area contributed by atoms with Crippen LogP contribution in [0.3, 0.4) is 0 Å². The molecule has 0 saturated carbocycles. The molecule has 0 amide bonds. The van der Waals surface area contributed by atoms with Gasteiger partial charge in [0.1, 0.15) is 23.4 Å². The van der Waals surface area contributed by atoms with Gasteiger partial charge < -0.3 is 5.32 Å². The molecule has 30 heavy (non-hydrogen) atoms. The Labute approximate surface area is 180 Å². The summed E-state index contributed by atoms with van der Waals surface area (Å²) >= 11 is 7.56. The van der Waals surface area contributed by atoms with Gasteiger partial charge in [0.25, 0.3) is 0 Å². The van der Waals surface area contributed by atoms with Crippen molar-refractivity contribution in [2.24, 2.45) is 0 Å². The van der Waals surface area contributed by atoms with Gasteiger partial charge in [-0.05, 0) is 18.1 Å². The molecule has 3 aromatic heterocycles. The van der Waals surface area contributed by atoms with E-state index in [0.29, 0.717) is 33.9 Å². The minimum atomic E-state index is -0.470. The Balaban J connectivity index is 1.46. The summed E-state index contributed by atoms with van der Waals surface area (Å²) in [4.78, 5) is 10.4. The van der Waals surface area contributed by atoms with Crippen LogP contribution < -0.4 is 5.32 Å². The van der Waals surface area contributed by atoms with Crippen LogP contribution in [0.15, 0.2) is 48.9 Å². The second-order valence-electron chi connectivity index (χ2n) is 6.42. The van der Waals surface area contributed by atoms with Crippen molar-refractivity contribution in [3.05, 3.63) is 74.6 Å². The molecule has 0 aliphatic heterocycles. The molecule has 0 saturated heterocycles. The summed E-state index contributed by atoms with van der Waals surface area (Å²) in [7, 11) is 0. The van der Waals surface area contributed by atoms with Gasteiger partial charge in [-0.3, -0.25) is 19.5 Å². The minimum absolute atomic E-state index is 0.0552. The molecule has 1 N–H and O–H groups in total. The van der Waals surface area contributed by atoms with E-state index in [9.17, 15) is 10.1 Å². The molecule has 1 unspecified atom stereocenters. The van der Waals surface area contributed by atoms with Crippen LogP contribution in [0, 0.1) is 10.1 Å². The number of nitrogens with one attached hydrogen (secondary N) is 1. The van der Waals surface area contributed by atoms with Crippen molar-refractivity contribution in [2.45, 2.75) is 25.9 Å². The first-order chi connectivity index (χ1) is 14.5. The molecule has 0 fully saturated rings. The number of anilines is 2. The van der Waals surface area contributed by atoms with Crippen molar-refractivity contribution in [3.8, 4) is 0 Å². The van der Waals surface area contributed by atoms with E-state index in [1.54, 1.807) is 9.36 Å². The predicted molar refractivity (Wildman–Crippen MR) is 113 cm³/mol. The lowest BCUT2D eigenvalue weighted by Crippen LogP contribution is -2.09. The number of hydrogen-bond donors (Lipinski definition) is 1. The Kier molecular flexibility index (Phi) is 5.72. The second kappa shape index (κ2) is 8.59. The number of aromatic nitrogens is 6. The highest BCUT2D eigenvalue weighted by atomic mass is 35.5. The third-order valence-electron chi connectivity index (χ3n) is 4.40. The summed E-state index contributed by atoms with van der Waals surface area (Å²) in [5.41, 5.74) is 0.923. The van der Waals surface area contributed by atoms with Crippen molar-refractivity contribution in [1.82, 2.24) is 29.8 Å². The molecule has 1 aromatic carbocycles. The van der Waals surface area contributed by atoms with Gasteiger partial charge in [-0.25, -0.2) is 0 Å². The molecule has 0 radical (unpaired) electrons. The maximum absolute atomic E-state index is 10.9. The first kappa shape index (κ1) is 20.0. The fraction of sp³-hybridized carbons (Fsp3) is 0.222. The van der Waals surface area contributed by atoms with Crippen molar-refractivity contribution >= 4 is 39.6 Å². The van der Waals surface area contributed by atoms with E-state index in [2.05, 4.69) is 25.7 Å². The standard InChI is InChI=1S/C18H17ClN8O2S/c1-2-15(26-11-13(9-20-26)27(28)29)17-22-23-18(30-17)21-16-7-8-25(24-16)10-12-5-3-4-6-14(12)19/h3-9,11,15H,2,10H2,1H3,(H,21,23,24). The molecule has 12 heteroatoms. The first-order valence-electron chi connectivity index (χ1n) is 9.09. The maximum atomic E-state index is 10.9. The van der Waals surface area contributed by atoms with Crippen molar-refractivity contribution < 1.29 is 4.92 Å². The van der Waals surface area contributed by atoms with Gasteiger partial charge in [0.2, 0.25) is 5.13 Å².